The van der Waals surface area contributed by atoms with Crippen LogP contribution in [0.3, 0.4) is 0 Å². The monoisotopic (exact) mass is 254 g/mol. The van der Waals surface area contributed by atoms with E-state index in [1.165, 1.54) is 6.33 Å². The molecule has 1 aromatic heterocycles. The first-order valence-electron chi connectivity index (χ1n) is 6.00. The first kappa shape index (κ1) is 14.7. The van der Waals surface area contributed by atoms with Crippen LogP contribution < -0.4 is 10.6 Å². The number of hydrogen-bond donors (Lipinski definition) is 4. The smallest absolute Gasteiger partial charge is 0.135 e. The standard InChI is InChI=1S/C12H22N4O2/c1-8(2)9-10(13-4)14-7-15-11(9)16-12(3,5-17)6-18/h7-8,17-18H,5-6H2,1-4H3,(H2,13,14,15,16). The highest BCUT2D eigenvalue weighted by Gasteiger charge is 2.25. The van der Waals surface area contributed by atoms with Crippen molar-refractivity contribution in [3.8, 4) is 0 Å². The third kappa shape index (κ3) is 3.08. The summed E-state index contributed by atoms with van der Waals surface area (Å²) in [5, 5.41) is 24.8. The summed E-state index contributed by atoms with van der Waals surface area (Å²) in [5.74, 6) is 1.61. The fraction of sp³-hybridized carbons (Fsp3) is 0.667. The van der Waals surface area contributed by atoms with E-state index in [-0.39, 0.29) is 19.1 Å². The molecule has 0 aromatic carbocycles. The summed E-state index contributed by atoms with van der Waals surface area (Å²) in [7, 11) is 1.80. The highest BCUT2D eigenvalue weighted by molar-refractivity contribution is 5.59. The fourth-order valence-electron chi connectivity index (χ4n) is 1.66. The van der Waals surface area contributed by atoms with E-state index in [0.717, 1.165) is 11.4 Å². The highest BCUT2D eigenvalue weighted by Crippen LogP contribution is 2.29. The first-order chi connectivity index (χ1) is 8.47. The van der Waals surface area contributed by atoms with Gasteiger partial charge in [0.1, 0.15) is 18.0 Å². The molecule has 0 radical (unpaired) electrons. The normalized spacial score (nSPS) is 11.7. The molecule has 0 atom stereocenters. The minimum absolute atomic E-state index is 0.181. The van der Waals surface area contributed by atoms with Gasteiger partial charge in [0.05, 0.1) is 18.8 Å². The molecule has 0 amide bonds. The van der Waals surface area contributed by atoms with Gasteiger partial charge in [-0.25, -0.2) is 9.97 Å². The van der Waals surface area contributed by atoms with Gasteiger partial charge in [0.2, 0.25) is 0 Å². The Kier molecular flexibility index (Phi) is 4.86. The van der Waals surface area contributed by atoms with Crippen LogP contribution in [0.25, 0.3) is 0 Å². The molecule has 0 aliphatic rings. The molecule has 0 bridgehead atoms. The molecule has 0 fully saturated rings. The number of aromatic nitrogens is 2. The van der Waals surface area contributed by atoms with E-state index >= 15 is 0 Å². The zero-order chi connectivity index (χ0) is 13.8. The van der Waals surface area contributed by atoms with E-state index in [0.29, 0.717) is 5.82 Å². The van der Waals surface area contributed by atoms with Gasteiger partial charge in [-0.1, -0.05) is 13.8 Å². The van der Waals surface area contributed by atoms with E-state index in [1.807, 2.05) is 13.8 Å². The Labute approximate surface area is 107 Å². The largest absolute Gasteiger partial charge is 0.394 e. The molecule has 0 spiro atoms. The quantitative estimate of drug-likeness (QED) is 0.600. The molecule has 0 aliphatic heterocycles. The number of anilines is 2. The maximum absolute atomic E-state index is 9.32. The topological polar surface area (TPSA) is 90.3 Å². The molecule has 6 nitrogen and oxygen atoms in total. The molecule has 102 valence electrons. The third-order valence-electron chi connectivity index (χ3n) is 2.82. The Morgan fingerprint density at radius 1 is 1.22 bits per heavy atom. The zero-order valence-electron chi connectivity index (χ0n) is 11.4. The van der Waals surface area contributed by atoms with E-state index in [9.17, 15) is 10.2 Å². The lowest BCUT2D eigenvalue weighted by Gasteiger charge is -2.29. The number of aliphatic hydroxyl groups is 2. The van der Waals surface area contributed by atoms with Crippen LogP contribution in [0.15, 0.2) is 6.33 Å². The number of aliphatic hydroxyl groups excluding tert-OH is 2. The van der Waals surface area contributed by atoms with Crippen molar-refractivity contribution in [2.75, 3.05) is 30.9 Å². The molecule has 1 aromatic rings. The van der Waals surface area contributed by atoms with Crippen molar-refractivity contribution < 1.29 is 10.2 Å². The molecule has 6 heteroatoms. The van der Waals surface area contributed by atoms with E-state index in [1.54, 1.807) is 14.0 Å². The first-order valence-corrected chi connectivity index (χ1v) is 6.00. The van der Waals surface area contributed by atoms with Crippen molar-refractivity contribution in [1.82, 2.24) is 9.97 Å². The minimum atomic E-state index is -0.803. The van der Waals surface area contributed by atoms with Crippen molar-refractivity contribution in [3.05, 3.63) is 11.9 Å². The van der Waals surface area contributed by atoms with E-state index < -0.39 is 5.54 Å². The van der Waals surface area contributed by atoms with Crippen LogP contribution in [-0.2, 0) is 0 Å². The fourth-order valence-corrected chi connectivity index (χ4v) is 1.66. The molecular formula is C12H22N4O2. The Balaban J connectivity index is 3.16. The molecular weight excluding hydrogens is 232 g/mol. The molecule has 4 N–H and O–H groups in total. The summed E-state index contributed by atoms with van der Waals surface area (Å²) in [5.41, 5.74) is 0.136. The molecule has 18 heavy (non-hydrogen) atoms. The lowest BCUT2D eigenvalue weighted by Crippen LogP contribution is -2.43. The third-order valence-corrected chi connectivity index (χ3v) is 2.82. The van der Waals surface area contributed by atoms with Crippen LogP contribution in [0.4, 0.5) is 11.6 Å². The number of rotatable bonds is 6. The second-order valence-corrected chi connectivity index (χ2v) is 4.89. The zero-order valence-corrected chi connectivity index (χ0v) is 11.4. The molecule has 0 saturated heterocycles. The molecule has 0 saturated carbocycles. The van der Waals surface area contributed by atoms with Gasteiger partial charge in [0.15, 0.2) is 0 Å². The van der Waals surface area contributed by atoms with Crippen LogP contribution in [0.2, 0.25) is 0 Å². The summed E-state index contributed by atoms with van der Waals surface area (Å²) in [4.78, 5) is 8.38. The van der Waals surface area contributed by atoms with Gasteiger partial charge in [-0.3, -0.25) is 0 Å². The van der Waals surface area contributed by atoms with E-state index in [2.05, 4.69) is 20.6 Å². The van der Waals surface area contributed by atoms with Crippen LogP contribution >= 0.6 is 0 Å². The number of hydrogen-bond acceptors (Lipinski definition) is 6. The van der Waals surface area contributed by atoms with Crippen molar-refractivity contribution in [2.45, 2.75) is 32.2 Å². The van der Waals surface area contributed by atoms with Crippen molar-refractivity contribution in [2.24, 2.45) is 0 Å². The summed E-state index contributed by atoms with van der Waals surface area (Å²) in [6, 6.07) is 0. The molecule has 0 aliphatic carbocycles. The summed E-state index contributed by atoms with van der Waals surface area (Å²) < 4.78 is 0. The lowest BCUT2D eigenvalue weighted by molar-refractivity contribution is 0.147. The van der Waals surface area contributed by atoms with Crippen LogP contribution in [0.1, 0.15) is 32.3 Å². The maximum atomic E-state index is 9.32. The van der Waals surface area contributed by atoms with Gasteiger partial charge in [-0.2, -0.15) is 0 Å². The Morgan fingerprint density at radius 3 is 2.22 bits per heavy atom. The molecule has 1 rings (SSSR count). The van der Waals surface area contributed by atoms with Crippen molar-refractivity contribution >= 4 is 11.6 Å². The number of nitrogens with one attached hydrogen (secondary N) is 2. The average Bonchev–Trinajstić information content (AvgIpc) is 2.37. The Bertz CT molecular complexity index is 392. The minimum Gasteiger partial charge on any atom is -0.394 e. The number of nitrogens with zero attached hydrogens (tertiary/aromatic N) is 2. The molecule has 1 heterocycles. The van der Waals surface area contributed by atoms with Crippen LogP contribution in [0.5, 0.6) is 0 Å². The second kappa shape index (κ2) is 5.97. The van der Waals surface area contributed by atoms with Gasteiger partial charge >= 0.3 is 0 Å². The summed E-state index contributed by atoms with van der Waals surface area (Å²) >= 11 is 0. The van der Waals surface area contributed by atoms with Crippen molar-refractivity contribution in [3.63, 3.8) is 0 Å². The van der Waals surface area contributed by atoms with Gasteiger partial charge in [0, 0.05) is 12.6 Å². The van der Waals surface area contributed by atoms with Gasteiger partial charge in [-0.05, 0) is 12.8 Å². The van der Waals surface area contributed by atoms with Gasteiger partial charge < -0.3 is 20.8 Å². The Hall–Kier alpha value is -1.40. The van der Waals surface area contributed by atoms with Crippen LogP contribution in [0, 0.1) is 0 Å². The summed E-state index contributed by atoms with van der Waals surface area (Å²) in [6.07, 6.45) is 1.45. The molecule has 0 unspecified atom stereocenters. The predicted octanol–water partition coefficient (Wildman–Crippen LogP) is 0.797. The highest BCUT2D eigenvalue weighted by atomic mass is 16.3. The summed E-state index contributed by atoms with van der Waals surface area (Å²) in [6.45, 7) is 5.46. The SMILES string of the molecule is CNc1ncnc(NC(C)(CO)CO)c1C(C)C. The second-order valence-electron chi connectivity index (χ2n) is 4.89. The maximum Gasteiger partial charge on any atom is 0.135 e. The average molecular weight is 254 g/mol. The van der Waals surface area contributed by atoms with Crippen molar-refractivity contribution in [1.29, 1.82) is 0 Å². The van der Waals surface area contributed by atoms with E-state index in [4.69, 9.17) is 0 Å². The van der Waals surface area contributed by atoms with Crippen LogP contribution in [-0.4, -0.2) is 46.0 Å². The van der Waals surface area contributed by atoms with Gasteiger partial charge in [-0.15, -0.1) is 0 Å². The predicted molar refractivity (Wildman–Crippen MR) is 71.9 cm³/mol. The Morgan fingerprint density at radius 2 is 1.78 bits per heavy atom. The van der Waals surface area contributed by atoms with Gasteiger partial charge in [0.25, 0.3) is 0 Å². The lowest BCUT2D eigenvalue weighted by atomic mass is 10.0.